The molecule has 0 aliphatic heterocycles. The second-order valence-corrected chi connectivity index (χ2v) is 16.4. The van der Waals surface area contributed by atoms with Gasteiger partial charge in [0.1, 0.15) is 11.2 Å². The van der Waals surface area contributed by atoms with Crippen molar-refractivity contribution in [3.8, 4) is 44.5 Å². The highest BCUT2D eigenvalue weighted by Gasteiger charge is 2.45. The molecule has 63 heavy (non-hydrogen) atoms. The van der Waals surface area contributed by atoms with E-state index in [2.05, 4.69) is 241 Å². The summed E-state index contributed by atoms with van der Waals surface area (Å²) in [5.41, 5.74) is 19.3. The molecule has 11 aromatic rings. The van der Waals surface area contributed by atoms with Gasteiger partial charge in [0.15, 0.2) is 0 Å². The lowest BCUT2D eigenvalue weighted by molar-refractivity contribution is 0.670. The van der Waals surface area contributed by atoms with Crippen molar-refractivity contribution >= 4 is 39.0 Å². The Morgan fingerprint density at radius 2 is 0.810 bits per heavy atom. The number of benzene rings is 10. The maximum atomic E-state index is 6.44. The van der Waals surface area contributed by atoms with Crippen molar-refractivity contribution in [2.75, 3.05) is 4.90 Å². The molecule has 0 N–H and O–H groups in total. The molecule has 2 heteroatoms. The summed E-state index contributed by atoms with van der Waals surface area (Å²) in [5, 5.41) is 2.27. The number of nitrogens with zero attached hydrogens (tertiary/aromatic N) is 1. The van der Waals surface area contributed by atoms with Gasteiger partial charge >= 0.3 is 0 Å². The third-order valence-electron chi connectivity index (χ3n) is 13.0. The minimum Gasteiger partial charge on any atom is -0.455 e. The fourth-order valence-corrected chi connectivity index (χ4v) is 10.1. The van der Waals surface area contributed by atoms with Crippen LogP contribution in [0.5, 0.6) is 0 Å². The van der Waals surface area contributed by atoms with E-state index in [4.69, 9.17) is 4.42 Å². The van der Waals surface area contributed by atoms with E-state index in [1.54, 1.807) is 0 Å². The summed E-state index contributed by atoms with van der Waals surface area (Å²) in [4.78, 5) is 2.36. The minimum absolute atomic E-state index is 0.417. The van der Waals surface area contributed by atoms with Gasteiger partial charge in [-0.15, -0.1) is 0 Å². The Balaban J connectivity index is 0.951. The van der Waals surface area contributed by atoms with Crippen LogP contribution in [0.1, 0.15) is 22.3 Å². The fourth-order valence-electron chi connectivity index (χ4n) is 10.1. The van der Waals surface area contributed by atoms with E-state index in [1.807, 2.05) is 12.1 Å². The molecule has 10 aromatic carbocycles. The Kier molecular flexibility index (Phi) is 8.76. The van der Waals surface area contributed by atoms with E-state index >= 15 is 0 Å². The van der Waals surface area contributed by atoms with Crippen molar-refractivity contribution in [2.24, 2.45) is 0 Å². The Bertz CT molecular complexity index is 3380. The molecule has 0 atom stereocenters. The number of rotatable bonds is 8. The predicted octanol–water partition coefficient (Wildman–Crippen LogP) is 16.4. The maximum Gasteiger partial charge on any atom is 0.143 e. The van der Waals surface area contributed by atoms with E-state index in [-0.39, 0.29) is 0 Å². The number of anilines is 3. The first-order valence-electron chi connectivity index (χ1n) is 21.7. The largest absolute Gasteiger partial charge is 0.455 e. The van der Waals surface area contributed by atoms with Gasteiger partial charge in [-0.05, 0) is 110 Å². The molecule has 0 bridgehead atoms. The third kappa shape index (κ3) is 6.02. The van der Waals surface area contributed by atoms with Gasteiger partial charge in [0.05, 0.1) is 5.41 Å². The van der Waals surface area contributed by atoms with E-state index in [0.717, 1.165) is 50.1 Å². The summed E-state index contributed by atoms with van der Waals surface area (Å²) in [6.45, 7) is 0. The first-order chi connectivity index (χ1) is 31.2. The topological polar surface area (TPSA) is 16.4 Å². The lowest BCUT2D eigenvalue weighted by atomic mass is 9.67. The monoisotopic (exact) mass is 803 g/mol. The predicted molar refractivity (Wildman–Crippen MR) is 262 cm³/mol. The van der Waals surface area contributed by atoms with Crippen LogP contribution in [0, 0.1) is 0 Å². The summed E-state index contributed by atoms with van der Waals surface area (Å²) >= 11 is 0. The normalized spacial score (nSPS) is 12.6. The van der Waals surface area contributed by atoms with Crippen molar-refractivity contribution in [1.82, 2.24) is 0 Å². The second-order valence-electron chi connectivity index (χ2n) is 16.4. The van der Waals surface area contributed by atoms with Gasteiger partial charge in [-0.1, -0.05) is 200 Å². The SMILES string of the molecule is c1ccc(-c2cccc(N(c3ccc(-c4ccc5c(c4)-c4ccccc4C5(c4ccccc4)c4ccccc4)cc3)c3ccc(-c4cccc5c4oc4ccccc45)cc3)c2)cc1. The summed E-state index contributed by atoms with van der Waals surface area (Å²) in [6, 6.07) is 90.1. The molecule has 1 heterocycles. The number of para-hydroxylation sites is 2. The Labute approximate surface area is 367 Å². The Morgan fingerprint density at radius 3 is 1.54 bits per heavy atom. The number of furan rings is 1. The summed E-state index contributed by atoms with van der Waals surface area (Å²) in [6.07, 6.45) is 0. The van der Waals surface area contributed by atoms with Crippen LogP contribution in [0.15, 0.2) is 253 Å². The molecule has 0 amide bonds. The molecule has 0 saturated carbocycles. The average molecular weight is 804 g/mol. The molecule has 1 aromatic heterocycles. The van der Waals surface area contributed by atoms with E-state index in [1.165, 1.54) is 55.6 Å². The van der Waals surface area contributed by atoms with E-state index in [9.17, 15) is 0 Å². The highest BCUT2D eigenvalue weighted by atomic mass is 16.3. The molecular formula is C61H41NO. The minimum atomic E-state index is -0.417. The first kappa shape index (κ1) is 36.6. The van der Waals surface area contributed by atoms with Crippen molar-refractivity contribution in [1.29, 1.82) is 0 Å². The second kappa shape index (κ2) is 15.1. The van der Waals surface area contributed by atoms with Crippen LogP contribution in [0.2, 0.25) is 0 Å². The zero-order valence-corrected chi connectivity index (χ0v) is 34.5. The third-order valence-corrected chi connectivity index (χ3v) is 13.0. The van der Waals surface area contributed by atoms with Crippen LogP contribution in [-0.4, -0.2) is 0 Å². The summed E-state index contributed by atoms with van der Waals surface area (Å²) in [7, 11) is 0. The lowest BCUT2D eigenvalue weighted by Gasteiger charge is -2.33. The fraction of sp³-hybridized carbons (Fsp3) is 0.0164. The maximum absolute atomic E-state index is 6.44. The molecule has 2 nitrogen and oxygen atoms in total. The number of hydrogen-bond acceptors (Lipinski definition) is 2. The number of fused-ring (bicyclic) bond motifs is 6. The Morgan fingerprint density at radius 1 is 0.302 bits per heavy atom. The summed E-state index contributed by atoms with van der Waals surface area (Å²) < 4.78 is 6.44. The molecule has 0 saturated heterocycles. The first-order valence-corrected chi connectivity index (χ1v) is 21.7. The van der Waals surface area contributed by atoms with E-state index < -0.39 is 5.41 Å². The van der Waals surface area contributed by atoms with Gasteiger partial charge in [0.2, 0.25) is 0 Å². The smallest absolute Gasteiger partial charge is 0.143 e. The molecule has 0 spiro atoms. The average Bonchev–Trinajstić information content (AvgIpc) is 3.89. The van der Waals surface area contributed by atoms with Gasteiger partial charge in [0, 0.05) is 33.4 Å². The molecule has 0 unspecified atom stereocenters. The van der Waals surface area contributed by atoms with Gasteiger partial charge in [0.25, 0.3) is 0 Å². The quantitative estimate of drug-likeness (QED) is 0.152. The van der Waals surface area contributed by atoms with E-state index in [0.29, 0.717) is 0 Å². The van der Waals surface area contributed by atoms with Gasteiger partial charge in [-0.3, -0.25) is 0 Å². The van der Waals surface area contributed by atoms with Crippen molar-refractivity contribution in [3.05, 3.63) is 271 Å². The van der Waals surface area contributed by atoms with Crippen LogP contribution in [0.3, 0.4) is 0 Å². The molecule has 0 radical (unpaired) electrons. The molecule has 12 rings (SSSR count). The van der Waals surface area contributed by atoms with Crippen molar-refractivity contribution < 1.29 is 4.42 Å². The number of hydrogen-bond donors (Lipinski definition) is 0. The highest BCUT2D eigenvalue weighted by molar-refractivity contribution is 6.09. The zero-order valence-electron chi connectivity index (χ0n) is 34.5. The molecule has 0 fully saturated rings. The van der Waals surface area contributed by atoms with Crippen LogP contribution in [0.4, 0.5) is 17.1 Å². The van der Waals surface area contributed by atoms with Gasteiger partial charge < -0.3 is 9.32 Å². The van der Waals surface area contributed by atoms with Gasteiger partial charge in [-0.2, -0.15) is 0 Å². The van der Waals surface area contributed by atoms with Crippen LogP contribution < -0.4 is 4.90 Å². The molecular weight excluding hydrogens is 763 g/mol. The molecule has 1 aliphatic rings. The standard InChI is InChI=1S/C61H41NO/c1-4-16-42(17-5-1)45-18-14-23-51(40-45)62(50-37-32-44(33-38-50)52-26-15-27-55-54-25-11-13-29-59(54)63-60(52)55)49-35-30-43(31-36-49)46-34-39-58-56(41-46)53-24-10-12-28-57(53)61(58,47-19-6-2-7-20-47)48-21-8-3-9-22-48/h1-41H. The van der Waals surface area contributed by atoms with Crippen molar-refractivity contribution in [2.45, 2.75) is 5.41 Å². The van der Waals surface area contributed by atoms with Crippen LogP contribution in [-0.2, 0) is 5.41 Å². The van der Waals surface area contributed by atoms with Gasteiger partial charge in [-0.25, -0.2) is 0 Å². The lowest BCUT2D eigenvalue weighted by Crippen LogP contribution is -2.28. The summed E-state index contributed by atoms with van der Waals surface area (Å²) in [5.74, 6) is 0. The van der Waals surface area contributed by atoms with Crippen molar-refractivity contribution in [3.63, 3.8) is 0 Å². The van der Waals surface area contributed by atoms with Crippen LogP contribution >= 0.6 is 0 Å². The Hall–Kier alpha value is -8.20. The highest BCUT2D eigenvalue weighted by Crippen LogP contribution is 2.56. The van der Waals surface area contributed by atoms with Crippen LogP contribution in [0.25, 0.3) is 66.4 Å². The molecule has 1 aliphatic carbocycles. The molecule has 296 valence electrons. The zero-order chi connectivity index (χ0) is 41.7.